The smallest absolute Gasteiger partial charge is 0.201 e. The van der Waals surface area contributed by atoms with Crippen molar-refractivity contribution in [3.63, 3.8) is 0 Å². The number of hydrogen-bond donors (Lipinski definition) is 0. The summed E-state index contributed by atoms with van der Waals surface area (Å²) in [5.41, 5.74) is 3.10. The molecule has 2 aromatic carbocycles. The van der Waals surface area contributed by atoms with Crippen molar-refractivity contribution in [2.75, 3.05) is 7.11 Å². The normalized spacial score (nSPS) is 13.5. The zero-order chi connectivity index (χ0) is 17.3. The molecule has 0 saturated heterocycles. The van der Waals surface area contributed by atoms with Gasteiger partial charge in [-0.25, -0.2) is 8.78 Å². The Hall–Kier alpha value is -2.23. The van der Waals surface area contributed by atoms with E-state index in [2.05, 4.69) is 6.92 Å². The Morgan fingerprint density at radius 1 is 1.00 bits per heavy atom. The van der Waals surface area contributed by atoms with Crippen LogP contribution in [0.25, 0.3) is 17.2 Å². The van der Waals surface area contributed by atoms with Crippen molar-refractivity contribution >= 4 is 6.08 Å². The summed E-state index contributed by atoms with van der Waals surface area (Å²) in [6, 6.07) is 5.71. The molecule has 0 aliphatic heterocycles. The number of ether oxygens (including phenoxy) is 1. The molecule has 0 spiro atoms. The highest BCUT2D eigenvalue weighted by Gasteiger charge is 2.20. The van der Waals surface area contributed by atoms with Crippen LogP contribution in [0.4, 0.5) is 13.2 Å². The minimum absolute atomic E-state index is 0.0835. The van der Waals surface area contributed by atoms with Crippen LogP contribution in [0.15, 0.2) is 29.8 Å². The molecule has 4 heteroatoms. The molecule has 1 nitrogen and oxygen atoms in total. The van der Waals surface area contributed by atoms with E-state index in [-0.39, 0.29) is 16.9 Å². The predicted octanol–water partition coefficient (Wildman–Crippen LogP) is 5.91. The Morgan fingerprint density at radius 3 is 2.50 bits per heavy atom. The van der Waals surface area contributed by atoms with Crippen LogP contribution in [0.2, 0.25) is 0 Å². The Kier molecular flexibility index (Phi) is 4.65. The van der Waals surface area contributed by atoms with Crippen LogP contribution in [0.1, 0.15) is 37.3 Å². The maximum atomic E-state index is 14.5. The Labute approximate surface area is 139 Å². The van der Waals surface area contributed by atoms with Crippen molar-refractivity contribution in [3.05, 3.63) is 58.4 Å². The molecule has 1 aliphatic rings. The van der Waals surface area contributed by atoms with E-state index in [0.717, 1.165) is 36.8 Å². The number of fused-ring (bicyclic) bond motifs is 1. The minimum Gasteiger partial charge on any atom is -0.494 e. The Bertz CT molecular complexity index is 809. The van der Waals surface area contributed by atoms with Gasteiger partial charge >= 0.3 is 0 Å². The first-order valence-corrected chi connectivity index (χ1v) is 8.09. The van der Waals surface area contributed by atoms with Gasteiger partial charge in [0.15, 0.2) is 11.6 Å². The average Bonchev–Trinajstić information content (AvgIpc) is 2.57. The quantitative estimate of drug-likeness (QED) is 0.676. The third kappa shape index (κ3) is 2.93. The average molecular weight is 332 g/mol. The molecule has 0 N–H and O–H groups in total. The van der Waals surface area contributed by atoms with Crippen LogP contribution < -0.4 is 4.74 Å². The highest BCUT2D eigenvalue weighted by atomic mass is 19.2. The highest BCUT2D eigenvalue weighted by Crippen LogP contribution is 2.35. The van der Waals surface area contributed by atoms with Crippen LogP contribution in [-0.4, -0.2) is 7.11 Å². The van der Waals surface area contributed by atoms with Crippen molar-refractivity contribution in [3.8, 4) is 16.9 Å². The van der Waals surface area contributed by atoms with Crippen LogP contribution in [0, 0.1) is 17.5 Å². The van der Waals surface area contributed by atoms with Crippen LogP contribution in [-0.2, 0) is 6.42 Å². The fourth-order valence-electron chi connectivity index (χ4n) is 3.19. The van der Waals surface area contributed by atoms with Gasteiger partial charge in [-0.2, -0.15) is 4.39 Å². The molecule has 0 aromatic heterocycles. The second-order valence-corrected chi connectivity index (χ2v) is 6.03. The highest BCUT2D eigenvalue weighted by molar-refractivity contribution is 5.71. The SMILES string of the molecule is CCCC1=Cc2cc(F)c(-c3ccc(OC)c(F)c3F)cc2CC1. The summed E-state index contributed by atoms with van der Waals surface area (Å²) in [6.45, 7) is 2.11. The zero-order valence-electron chi connectivity index (χ0n) is 13.8. The van der Waals surface area contributed by atoms with Gasteiger partial charge in [0, 0.05) is 11.1 Å². The number of halogens is 3. The van der Waals surface area contributed by atoms with Gasteiger partial charge in [-0.1, -0.05) is 25.0 Å². The third-order valence-corrected chi connectivity index (χ3v) is 4.43. The van der Waals surface area contributed by atoms with E-state index in [9.17, 15) is 13.2 Å². The van der Waals surface area contributed by atoms with Gasteiger partial charge in [0.2, 0.25) is 5.82 Å². The first kappa shape index (κ1) is 16.6. The lowest BCUT2D eigenvalue weighted by Gasteiger charge is -2.18. The van der Waals surface area contributed by atoms with Crippen LogP contribution in [0.3, 0.4) is 0 Å². The fourth-order valence-corrected chi connectivity index (χ4v) is 3.19. The van der Waals surface area contributed by atoms with Crippen molar-refractivity contribution in [1.82, 2.24) is 0 Å². The second kappa shape index (κ2) is 6.71. The molecular weight excluding hydrogens is 313 g/mol. The molecule has 0 radical (unpaired) electrons. The molecule has 0 bridgehead atoms. The lowest BCUT2D eigenvalue weighted by molar-refractivity contribution is 0.372. The van der Waals surface area contributed by atoms with Crippen molar-refractivity contribution < 1.29 is 17.9 Å². The number of rotatable bonds is 4. The van der Waals surface area contributed by atoms with Gasteiger partial charge in [0.05, 0.1) is 7.11 Å². The van der Waals surface area contributed by atoms with Crippen molar-refractivity contribution in [2.45, 2.75) is 32.6 Å². The molecule has 2 aromatic rings. The minimum atomic E-state index is -1.10. The van der Waals surface area contributed by atoms with Gasteiger partial charge in [-0.05, 0) is 54.7 Å². The summed E-state index contributed by atoms with van der Waals surface area (Å²) in [4.78, 5) is 0. The molecule has 0 amide bonds. The summed E-state index contributed by atoms with van der Waals surface area (Å²) in [5, 5.41) is 0. The van der Waals surface area contributed by atoms with Gasteiger partial charge in [0.25, 0.3) is 0 Å². The van der Waals surface area contributed by atoms with E-state index in [1.165, 1.54) is 30.9 Å². The largest absolute Gasteiger partial charge is 0.494 e. The van der Waals surface area contributed by atoms with E-state index >= 15 is 0 Å². The molecule has 0 saturated carbocycles. The third-order valence-electron chi connectivity index (χ3n) is 4.43. The van der Waals surface area contributed by atoms with Crippen molar-refractivity contribution in [2.24, 2.45) is 0 Å². The van der Waals surface area contributed by atoms with Crippen molar-refractivity contribution in [1.29, 1.82) is 0 Å². The molecule has 0 fully saturated rings. The van der Waals surface area contributed by atoms with Crippen LogP contribution >= 0.6 is 0 Å². The number of benzene rings is 2. The van der Waals surface area contributed by atoms with Crippen LogP contribution in [0.5, 0.6) is 5.75 Å². The number of aryl methyl sites for hydroxylation is 1. The van der Waals surface area contributed by atoms with E-state index < -0.39 is 17.5 Å². The fraction of sp³-hybridized carbons (Fsp3) is 0.300. The first-order chi connectivity index (χ1) is 11.5. The number of methoxy groups -OCH3 is 1. The summed E-state index contributed by atoms with van der Waals surface area (Å²) >= 11 is 0. The monoisotopic (exact) mass is 332 g/mol. The van der Waals surface area contributed by atoms with E-state index in [4.69, 9.17) is 4.74 Å². The molecule has 24 heavy (non-hydrogen) atoms. The maximum Gasteiger partial charge on any atom is 0.201 e. The standard InChI is InChI=1S/C20H19F3O/c1-3-4-12-5-6-13-10-16(17(21)11-14(13)9-12)15-7-8-18(24-2)20(23)19(15)22/h7-11H,3-6H2,1-2H3. The summed E-state index contributed by atoms with van der Waals surface area (Å²) in [5.74, 6) is -2.93. The maximum absolute atomic E-state index is 14.5. The molecule has 3 rings (SSSR count). The van der Waals surface area contributed by atoms with E-state index in [0.29, 0.717) is 0 Å². The van der Waals surface area contributed by atoms with E-state index in [1.54, 1.807) is 6.07 Å². The van der Waals surface area contributed by atoms with Gasteiger partial charge in [-0.15, -0.1) is 0 Å². The lowest BCUT2D eigenvalue weighted by Crippen LogP contribution is -2.03. The first-order valence-electron chi connectivity index (χ1n) is 8.09. The Balaban J connectivity index is 2.07. The lowest BCUT2D eigenvalue weighted by atomic mass is 9.88. The zero-order valence-corrected chi connectivity index (χ0v) is 13.8. The summed E-state index contributed by atoms with van der Waals surface area (Å²) < 4.78 is 47.5. The Morgan fingerprint density at radius 2 is 1.79 bits per heavy atom. The number of hydrogen-bond acceptors (Lipinski definition) is 1. The molecule has 126 valence electrons. The molecular formula is C20H19F3O. The van der Waals surface area contributed by atoms with Gasteiger partial charge < -0.3 is 4.74 Å². The summed E-state index contributed by atoms with van der Waals surface area (Å²) in [7, 11) is 1.26. The van der Waals surface area contributed by atoms with Gasteiger partial charge in [-0.3, -0.25) is 0 Å². The molecule has 0 heterocycles. The molecule has 1 aliphatic carbocycles. The predicted molar refractivity (Wildman–Crippen MR) is 89.5 cm³/mol. The number of allylic oxidation sites excluding steroid dienone is 1. The summed E-state index contributed by atoms with van der Waals surface area (Å²) in [6.07, 6.45) is 5.78. The molecule has 0 atom stereocenters. The van der Waals surface area contributed by atoms with Gasteiger partial charge in [0.1, 0.15) is 5.82 Å². The second-order valence-electron chi connectivity index (χ2n) is 6.03. The van der Waals surface area contributed by atoms with E-state index in [1.807, 2.05) is 6.08 Å². The molecule has 0 unspecified atom stereocenters. The topological polar surface area (TPSA) is 9.23 Å².